The number of allylic oxidation sites excluding steroid dienone is 1. The van der Waals surface area contributed by atoms with Gasteiger partial charge in [-0.25, -0.2) is 0 Å². The van der Waals surface area contributed by atoms with Crippen molar-refractivity contribution in [2.75, 3.05) is 13.1 Å². The van der Waals surface area contributed by atoms with Gasteiger partial charge in [-0.3, -0.25) is 9.59 Å². The van der Waals surface area contributed by atoms with Gasteiger partial charge in [0.15, 0.2) is 0 Å². The van der Waals surface area contributed by atoms with Gasteiger partial charge in [-0.15, -0.1) is 11.3 Å². The van der Waals surface area contributed by atoms with Crippen LogP contribution in [-0.2, 0) is 4.79 Å². The first kappa shape index (κ1) is 17.2. The number of amides is 2. The molecular formula is C19H26N2O2S. The number of nitrogens with zero attached hydrogens (tertiary/aromatic N) is 1. The Kier molecular flexibility index (Phi) is 5.72. The van der Waals surface area contributed by atoms with Crippen molar-refractivity contribution in [3.8, 4) is 0 Å². The van der Waals surface area contributed by atoms with E-state index in [2.05, 4.69) is 11.4 Å². The number of hydrogen-bond donors (Lipinski definition) is 1. The molecule has 0 aromatic carbocycles. The highest BCUT2D eigenvalue weighted by Crippen LogP contribution is 2.35. The van der Waals surface area contributed by atoms with Gasteiger partial charge < -0.3 is 10.2 Å². The van der Waals surface area contributed by atoms with Gasteiger partial charge in [0.1, 0.15) is 0 Å². The number of carbonyl (C=O) groups is 2. The number of thiophene rings is 1. The Morgan fingerprint density at radius 2 is 2.17 bits per heavy atom. The van der Waals surface area contributed by atoms with Crippen LogP contribution >= 0.6 is 11.3 Å². The second-order valence-electron chi connectivity index (χ2n) is 6.69. The van der Waals surface area contributed by atoms with Crippen LogP contribution in [-0.4, -0.2) is 29.8 Å². The first-order valence-corrected chi connectivity index (χ1v) is 9.80. The fourth-order valence-electron chi connectivity index (χ4n) is 3.65. The number of likely N-dealkylation sites (tertiary alicyclic amines) is 1. The highest BCUT2D eigenvalue weighted by atomic mass is 32.1. The zero-order chi connectivity index (χ0) is 16.9. The maximum Gasteiger partial charge on any atom is 0.261 e. The first-order valence-electron chi connectivity index (χ1n) is 8.98. The Morgan fingerprint density at radius 3 is 2.92 bits per heavy atom. The van der Waals surface area contributed by atoms with Crippen LogP contribution in [0.2, 0.25) is 0 Å². The minimum absolute atomic E-state index is 0.00929. The van der Waals surface area contributed by atoms with Gasteiger partial charge in [0.25, 0.3) is 5.91 Å². The lowest BCUT2D eigenvalue weighted by atomic mass is 9.97. The summed E-state index contributed by atoms with van der Waals surface area (Å²) in [4.78, 5) is 27.8. The first-order chi connectivity index (χ1) is 11.6. The standard InChI is InChI=1S/C19H26N2O2S/c1-14(22)21-13-5-8-16(21)17-9-10-18(24-17)19(23)20-12-11-15-6-3-2-4-7-15/h6,9-10,16H,2-5,7-8,11-13H2,1H3,(H,20,23). The lowest BCUT2D eigenvalue weighted by Gasteiger charge is -2.22. The summed E-state index contributed by atoms with van der Waals surface area (Å²) in [5, 5.41) is 3.03. The van der Waals surface area contributed by atoms with E-state index in [9.17, 15) is 9.59 Å². The van der Waals surface area contributed by atoms with Crippen LogP contribution in [0.3, 0.4) is 0 Å². The predicted molar refractivity (Wildman–Crippen MR) is 97.2 cm³/mol. The summed E-state index contributed by atoms with van der Waals surface area (Å²) in [5.41, 5.74) is 1.48. The lowest BCUT2D eigenvalue weighted by Crippen LogP contribution is -2.27. The molecule has 4 nitrogen and oxygen atoms in total. The van der Waals surface area contributed by atoms with Gasteiger partial charge in [-0.1, -0.05) is 11.6 Å². The van der Waals surface area contributed by atoms with Crippen LogP contribution in [0.5, 0.6) is 0 Å². The fourth-order valence-corrected chi connectivity index (χ4v) is 4.72. The molecule has 1 atom stereocenters. The zero-order valence-electron chi connectivity index (χ0n) is 14.3. The van der Waals surface area contributed by atoms with Crippen molar-refractivity contribution >= 4 is 23.2 Å². The van der Waals surface area contributed by atoms with Crippen LogP contribution in [0.15, 0.2) is 23.8 Å². The van der Waals surface area contributed by atoms with Gasteiger partial charge in [0.2, 0.25) is 5.91 Å². The average molecular weight is 346 g/mol. The van der Waals surface area contributed by atoms with Crippen molar-refractivity contribution in [1.29, 1.82) is 0 Å². The second kappa shape index (κ2) is 7.97. The molecule has 0 saturated carbocycles. The van der Waals surface area contributed by atoms with Crippen LogP contribution < -0.4 is 5.32 Å². The van der Waals surface area contributed by atoms with Crippen molar-refractivity contribution < 1.29 is 9.59 Å². The molecule has 0 spiro atoms. The van der Waals surface area contributed by atoms with Gasteiger partial charge >= 0.3 is 0 Å². The van der Waals surface area contributed by atoms with Crippen LogP contribution in [0.1, 0.15) is 72.5 Å². The SMILES string of the molecule is CC(=O)N1CCCC1c1ccc(C(=O)NCCC2=CCCCC2)s1. The molecule has 2 aliphatic rings. The zero-order valence-corrected chi connectivity index (χ0v) is 15.2. The van der Waals surface area contributed by atoms with Gasteiger partial charge in [-0.2, -0.15) is 0 Å². The van der Waals surface area contributed by atoms with Crippen LogP contribution in [0.4, 0.5) is 0 Å². The molecule has 2 heterocycles. The second-order valence-corrected chi connectivity index (χ2v) is 7.80. The third-order valence-electron chi connectivity index (χ3n) is 4.95. The molecule has 3 rings (SSSR count). The Labute approximate surface area is 147 Å². The Bertz CT molecular complexity index is 635. The third kappa shape index (κ3) is 4.07. The smallest absolute Gasteiger partial charge is 0.261 e. The van der Waals surface area contributed by atoms with Crippen molar-refractivity contribution in [1.82, 2.24) is 10.2 Å². The van der Waals surface area contributed by atoms with Crippen molar-refractivity contribution in [2.45, 2.75) is 57.9 Å². The molecule has 0 radical (unpaired) electrons. The minimum Gasteiger partial charge on any atom is -0.351 e. The molecule has 1 aliphatic heterocycles. The van der Waals surface area contributed by atoms with E-state index in [1.54, 1.807) is 6.92 Å². The van der Waals surface area contributed by atoms with Crippen molar-refractivity contribution in [3.05, 3.63) is 33.5 Å². The molecule has 1 fully saturated rings. The van der Waals surface area contributed by atoms with Gasteiger partial charge in [-0.05, 0) is 57.1 Å². The van der Waals surface area contributed by atoms with E-state index in [1.807, 2.05) is 17.0 Å². The molecular weight excluding hydrogens is 320 g/mol. The summed E-state index contributed by atoms with van der Waals surface area (Å²) < 4.78 is 0. The van der Waals surface area contributed by atoms with E-state index < -0.39 is 0 Å². The largest absolute Gasteiger partial charge is 0.351 e. The topological polar surface area (TPSA) is 49.4 Å². The summed E-state index contributed by atoms with van der Waals surface area (Å²) in [5.74, 6) is 0.132. The number of rotatable bonds is 5. The van der Waals surface area contributed by atoms with E-state index in [4.69, 9.17) is 0 Å². The number of hydrogen-bond acceptors (Lipinski definition) is 3. The maximum atomic E-state index is 12.3. The summed E-state index contributed by atoms with van der Waals surface area (Å²) in [6.07, 6.45) is 10.3. The van der Waals surface area contributed by atoms with Crippen LogP contribution in [0.25, 0.3) is 0 Å². The van der Waals surface area contributed by atoms with E-state index in [-0.39, 0.29) is 17.9 Å². The van der Waals surface area contributed by atoms with Gasteiger partial charge in [0, 0.05) is 24.9 Å². The summed E-state index contributed by atoms with van der Waals surface area (Å²) in [7, 11) is 0. The Balaban J connectivity index is 1.53. The Hall–Kier alpha value is -1.62. The average Bonchev–Trinajstić information content (AvgIpc) is 3.24. The monoisotopic (exact) mass is 346 g/mol. The highest BCUT2D eigenvalue weighted by molar-refractivity contribution is 7.14. The molecule has 1 aromatic heterocycles. The quantitative estimate of drug-likeness (QED) is 0.818. The van der Waals surface area contributed by atoms with Gasteiger partial charge in [0.05, 0.1) is 10.9 Å². The van der Waals surface area contributed by atoms with Crippen LogP contribution in [0, 0.1) is 0 Å². The molecule has 2 amide bonds. The molecule has 1 aliphatic carbocycles. The summed E-state index contributed by atoms with van der Waals surface area (Å²) in [6, 6.07) is 4.06. The minimum atomic E-state index is 0.00929. The molecule has 0 bridgehead atoms. The summed E-state index contributed by atoms with van der Waals surface area (Å²) >= 11 is 1.52. The third-order valence-corrected chi connectivity index (χ3v) is 6.14. The van der Waals surface area contributed by atoms with E-state index in [0.717, 1.165) is 35.6 Å². The molecule has 1 N–H and O–H groups in total. The molecule has 1 unspecified atom stereocenters. The Morgan fingerprint density at radius 1 is 1.29 bits per heavy atom. The lowest BCUT2D eigenvalue weighted by molar-refractivity contribution is -0.129. The van der Waals surface area contributed by atoms with E-state index in [1.165, 1.54) is 42.6 Å². The number of nitrogens with one attached hydrogen (secondary N) is 1. The molecule has 1 saturated heterocycles. The maximum absolute atomic E-state index is 12.3. The van der Waals surface area contributed by atoms with Crippen molar-refractivity contribution in [2.24, 2.45) is 0 Å². The molecule has 130 valence electrons. The highest BCUT2D eigenvalue weighted by Gasteiger charge is 2.29. The molecule has 24 heavy (non-hydrogen) atoms. The van der Waals surface area contributed by atoms with Crippen molar-refractivity contribution in [3.63, 3.8) is 0 Å². The van der Waals surface area contributed by atoms with E-state index >= 15 is 0 Å². The molecule has 1 aromatic rings. The number of carbonyl (C=O) groups excluding carboxylic acids is 2. The summed E-state index contributed by atoms with van der Waals surface area (Å²) in [6.45, 7) is 3.16. The fraction of sp³-hybridized carbons (Fsp3) is 0.579. The van der Waals surface area contributed by atoms with E-state index in [0.29, 0.717) is 6.54 Å². The normalized spacial score (nSPS) is 20.8. The molecule has 5 heteroatoms. The predicted octanol–water partition coefficient (Wildman–Crippen LogP) is 4.05.